The first-order valence-corrected chi connectivity index (χ1v) is 6.84. The number of carbonyl (C=O) groups is 1. The van der Waals surface area contributed by atoms with Gasteiger partial charge in [-0.15, -0.1) is 0 Å². The topological polar surface area (TPSA) is 26.3 Å². The van der Waals surface area contributed by atoms with E-state index >= 15 is 0 Å². The van der Waals surface area contributed by atoms with Crippen LogP contribution in [0.25, 0.3) is 0 Å². The average Bonchev–Trinajstić information content (AvgIpc) is 2.28. The molecule has 0 N–H and O–H groups in total. The molecule has 0 atom stereocenters. The molecule has 1 rings (SSSR count). The minimum Gasteiger partial charge on any atom is -0.368 e. The molecule has 112 valence electrons. The minimum atomic E-state index is -4.28. The Bertz CT molecular complexity index is 311. The second kappa shape index (κ2) is 5.81. The fraction of sp³-hybridized carbons (Fsp3) is 0.929. The molecule has 0 aromatic carbocycles. The summed E-state index contributed by atoms with van der Waals surface area (Å²) in [5.74, 6) is -0.387. The minimum absolute atomic E-state index is 0.144. The molecule has 0 saturated heterocycles. The van der Waals surface area contributed by atoms with Crippen LogP contribution in [0.3, 0.4) is 0 Å². The van der Waals surface area contributed by atoms with E-state index in [1.807, 2.05) is 0 Å². The van der Waals surface area contributed by atoms with Crippen LogP contribution in [0.5, 0.6) is 0 Å². The molecule has 0 aromatic heterocycles. The molecule has 19 heavy (non-hydrogen) atoms. The first-order valence-electron chi connectivity index (χ1n) is 6.84. The number of hydrogen-bond donors (Lipinski definition) is 0. The summed E-state index contributed by atoms with van der Waals surface area (Å²) in [4.78, 5) is 12.1. The van der Waals surface area contributed by atoms with E-state index in [-0.39, 0.29) is 11.2 Å². The fourth-order valence-corrected chi connectivity index (χ4v) is 2.59. The molecule has 0 amide bonds. The molecule has 0 spiro atoms. The highest BCUT2D eigenvalue weighted by Gasteiger charge is 2.45. The van der Waals surface area contributed by atoms with Crippen molar-refractivity contribution < 1.29 is 22.7 Å². The van der Waals surface area contributed by atoms with E-state index in [9.17, 15) is 18.0 Å². The van der Waals surface area contributed by atoms with Gasteiger partial charge in [0.1, 0.15) is 5.60 Å². The second-order valence-corrected chi connectivity index (χ2v) is 6.13. The third kappa shape index (κ3) is 4.79. The quantitative estimate of drug-likeness (QED) is 0.751. The van der Waals surface area contributed by atoms with E-state index in [0.717, 1.165) is 12.8 Å². The second-order valence-electron chi connectivity index (χ2n) is 6.13. The van der Waals surface area contributed by atoms with E-state index in [0.29, 0.717) is 19.4 Å². The number of carbonyl (C=O) groups excluding carboxylic acids is 1. The predicted molar refractivity (Wildman–Crippen MR) is 66.9 cm³/mol. The maximum atomic E-state index is 12.2. The molecular weight excluding hydrogens is 257 g/mol. The Morgan fingerprint density at radius 1 is 1.16 bits per heavy atom. The average molecular weight is 280 g/mol. The Balaban J connectivity index is 2.69. The number of rotatable bonds is 5. The van der Waals surface area contributed by atoms with Crippen LogP contribution in [0.15, 0.2) is 0 Å². The predicted octanol–water partition coefficient (Wildman–Crippen LogP) is 4.27. The van der Waals surface area contributed by atoms with Gasteiger partial charge in [-0.3, -0.25) is 4.79 Å². The van der Waals surface area contributed by atoms with Crippen LogP contribution < -0.4 is 0 Å². The van der Waals surface area contributed by atoms with Gasteiger partial charge in [-0.25, -0.2) is 0 Å². The van der Waals surface area contributed by atoms with Crippen molar-refractivity contribution in [3.63, 3.8) is 0 Å². The molecule has 1 saturated carbocycles. The first kappa shape index (κ1) is 16.5. The molecule has 2 nitrogen and oxygen atoms in total. The molecule has 0 bridgehead atoms. The van der Waals surface area contributed by atoms with Crippen molar-refractivity contribution in [1.82, 2.24) is 0 Å². The molecule has 0 heterocycles. The molecule has 1 fully saturated rings. The Hall–Kier alpha value is -0.580. The van der Waals surface area contributed by atoms with Gasteiger partial charge >= 0.3 is 6.18 Å². The van der Waals surface area contributed by atoms with Gasteiger partial charge in [0.15, 0.2) is 5.78 Å². The molecule has 1 aliphatic carbocycles. The third-order valence-corrected chi connectivity index (χ3v) is 3.98. The van der Waals surface area contributed by atoms with Gasteiger partial charge < -0.3 is 4.74 Å². The fourth-order valence-electron chi connectivity index (χ4n) is 2.59. The lowest BCUT2D eigenvalue weighted by atomic mass is 9.69. The van der Waals surface area contributed by atoms with Gasteiger partial charge in [-0.2, -0.15) is 13.2 Å². The molecule has 0 aromatic rings. The Morgan fingerprint density at radius 3 is 2.11 bits per heavy atom. The van der Waals surface area contributed by atoms with Gasteiger partial charge in [-0.1, -0.05) is 13.8 Å². The summed E-state index contributed by atoms with van der Waals surface area (Å²) in [7, 11) is 0. The standard InChI is InChI=1S/C14H23F3O2/c1-4-19-13(9-7-12(2,3)8-10-13)11(18)5-6-14(15,16)17/h4-10H2,1-3H3. The molecule has 5 heteroatoms. The van der Waals surface area contributed by atoms with Crippen LogP contribution in [0.4, 0.5) is 13.2 Å². The van der Waals surface area contributed by atoms with Crippen molar-refractivity contribution >= 4 is 5.78 Å². The molecule has 0 radical (unpaired) electrons. The van der Waals surface area contributed by atoms with E-state index in [4.69, 9.17) is 4.74 Å². The van der Waals surface area contributed by atoms with E-state index < -0.39 is 24.6 Å². The summed E-state index contributed by atoms with van der Waals surface area (Å²) in [6, 6.07) is 0. The summed E-state index contributed by atoms with van der Waals surface area (Å²) in [6.07, 6.45) is -3.12. The van der Waals surface area contributed by atoms with Crippen molar-refractivity contribution in [2.75, 3.05) is 6.61 Å². The van der Waals surface area contributed by atoms with Crippen molar-refractivity contribution in [3.05, 3.63) is 0 Å². The first-order chi connectivity index (χ1) is 8.60. The SMILES string of the molecule is CCOC1(C(=O)CCC(F)(F)F)CCC(C)(C)CC1. The normalized spacial score (nSPS) is 22.2. The summed E-state index contributed by atoms with van der Waals surface area (Å²) in [5.41, 5.74) is -0.833. The summed E-state index contributed by atoms with van der Waals surface area (Å²) in [6.45, 7) is 6.36. The lowest BCUT2D eigenvalue weighted by molar-refractivity contribution is -0.162. The highest BCUT2D eigenvalue weighted by atomic mass is 19.4. The maximum absolute atomic E-state index is 12.2. The summed E-state index contributed by atoms with van der Waals surface area (Å²) < 4.78 is 42.2. The number of halogens is 3. The maximum Gasteiger partial charge on any atom is 0.389 e. The molecule has 0 unspecified atom stereocenters. The molecular formula is C14H23F3O2. The number of ketones is 1. The van der Waals surface area contributed by atoms with Gasteiger partial charge in [0.2, 0.25) is 0 Å². The van der Waals surface area contributed by atoms with Crippen molar-refractivity contribution in [3.8, 4) is 0 Å². The van der Waals surface area contributed by atoms with Crippen molar-refractivity contribution in [1.29, 1.82) is 0 Å². The zero-order valence-electron chi connectivity index (χ0n) is 11.9. The van der Waals surface area contributed by atoms with Crippen molar-refractivity contribution in [2.45, 2.75) is 71.1 Å². The van der Waals surface area contributed by atoms with Crippen LogP contribution >= 0.6 is 0 Å². The zero-order valence-corrected chi connectivity index (χ0v) is 11.9. The summed E-state index contributed by atoms with van der Waals surface area (Å²) in [5, 5.41) is 0. The molecule has 1 aliphatic rings. The van der Waals surface area contributed by atoms with Crippen LogP contribution in [-0.4, -0.2) is 24.2 Å². The lowest BCUT2D eigenvalue weighted by Crippen LogP contribution is -2.46. The number of alkyl halides is 3. The van der Waals surface area contributed by atoms with E-state index in [2.05, 4.69) is 13.8 Å². The smallest absolute Gasteiger partial charge is 0.368 e. The van der Waals surface area contributed by atoms with Crippen molar-refractivity contribution in [2.24, 2.45) is 5.41 Å². The Kier molecular flexibility index (Phi) is 5.04. The third-order valence-electron chi connectivity index (χ3n) is 3.98. The van der Waals surface area contributed by atoms with Gasteiger partial charge in [0.05, 0.1) is 6.42 Å². The highest BCUT2D eigenvalue weighted by molar-refractivity contribution is 5.87. The largest absolute Gasteiger partial charge is 0.389 e. The highest BCUT2D eigenvalue weighted by Crippen LogP contribution is 2.43. The van der Waals surface area contributed by atoms with Crippen LogP contribution in [0, 0.1) is 5.41 Å². The van der Waals surface area contributed by atoms with Crippen LogP contribution in [0.2, 0.25) is 0 Å². The van der Waals surface area contributed by atoms with Crippen LogP contribution in [0.1, 0.15) is 59.3 Å². The molecule has 0 aliphatic heterocycles. The number of hydrogen-bond acceptors (Lipinski definition) is 2. The monoisotopic (exact) mass is 280 g/mol. The van der Waals surface area contributed by atoms with Gasteiger partial charge in [0.25, 0.3) is 0 Å². The Morgan fingerprint density at radius 2 is 1.68 bits per heavy atom. The zero-order chi connectivity index (χ0) is 14.7. The van der Waals surface area contributed by atoms with Crippen LogP contribution in [-0.2, 0) is 9.53 Å². The Labute approximate surface area is 112 Å². The van der Waals surface area contributed by atoms with Gasteiger partial charge in [-0.05, 0) is 38.0 Å². The lowest BCUT2D eigenvalue weighted by Gasteiger charge is -2.42. The number of Topliss-reactive ketones (excluding diaryl/α,β-unsaturated/α-hetero) is 1. The van der Waals surface area contributed by atoms with E-state index in [1.54, 1.807) is 6.92 Å². The number of ether oxygens (including phenoxy) is 1. The summed E-state index contributed by atoms with van der Waals surface area (Å²) >= 11 is 0. The van der Waals surface area contributed by atoms with E-state index in [1.165, 1.54) is 0 Å². The van der Waals surface area contributed by atoms with Gasteiger partial charge in [0, 0.05) is 13.0 Å².